The van der Waals surface area contributed by atoms with Gasteiger partial charge in [0.2, 0.25) is 0 Å². The Morgan fingerprint density at radius 1 is 0.519 bits per heavy atom. The predicted octanol–water partition coefficient (Wildman–Crippen LogP) is 8.19. The zero-order valence-electron chi connectivity index (χ0n) is 16.3. The summed E-state index contributed by atoms with van der Waals surface area (Å²) in [5, 5.41) is 5.57. The zero-order chi connectivity index (χ0) is 18.5. The van der Waals surface area contributed by atoms with Gasteiger partial charge in [-0.15, -0.1) is 0 Å². The molecule has 0 aliphatic carbocycles. The van der Waals surface area contributed by atoms with E-state index in [0.717, 1.165) is 0 Å². The molecule has 4 rings (SSSR count). The minimum atomic E-state index is 0. The summed E-state index contributed by atoms with van der Waals surface area (Å²) in [4.78, 5) is 0. The summed E-state index contributed by atoms with van der Waals surface area (Å²) in [5.74, 6) is 0. The molecule has 4 aromatic rings. The quantitative estimate of drug-likeness (QED) is 0.339. The van der Waals surface area contributed by atoms with Crippen LogP contribution in [0.4, 0.5) is 0 Å². The van der Waals surface area contributed by atoms with Gasteiger partial charge in [0.1, 0.15) is 0 Å². The normalized spacial score (nSPS) is 10.2. The average Bonchev–Trinajstić information content (AvgIpc) is 2.67. The first kappa shape index (κ1) is 20.7. The standard InChI is InChI=1S/C14H16.C12H12.CH4/c1-3-6-12-8-5-9-13-11(2)7-4-10-14(12)13;1-9-7-8-10(2)12-6-4-3-5-11(9)12;/h4-5,7-10H,3,6H2,1-2H3;3-8H,1-2H3;1H4. The van der Waals surface area contributed by atoms with Crippen molar-refractivity contribution >= 4 is 21.5 Å². The lowest BCUT2D eigenvalue weighted by atomic mass is 9.98. The summed E-state index contributed by atoms with van der Waals surface area (Å²) in [6.45, 7) is 8.72. The van der Waals surface area contributed by atoms with Crippen molar-refractivity contribution in [2.75, 3.05) is 0 Å². The molecule has 0 atom stereocenters. The highest BCUT2D eigenvalue weighted by molar-refractivity contribution is 5.89. The molecule has 0 saturated heterocycles. The van der Waals surface area contributed by atoms with Crippen LogP contribution in [0.3, 0.4) is 0 Å². The molecule has 0 heteroatoms. The molecule has 27 heavy (non-hydrogen) atoms. The topological polar surface area (TPSA) is 0 Å². The molecule has 0 spiro atoms. The second kappa shape index (κ2) is 9.37. The van der Waals surface area contributed by atoms with E-state index in [2.05, 4.69) is 100 Å². The Kier molecular flexibility index (Phi) is 7.19. The largest absolute Gasteiger partial charge is 0.0776 e. The van der Waals surface area contributed by atoms with Crippen LogP contribution in [-0.4, -0.2) is 0 Å². The number of fused-ring (bicyclic) bond motifs is 2. The van der Waals surface area contributed by atoms with Crippen molar-refractivity contribution < 1.29 is 0 Å². The van der Waals surface area contributed by atoms with Crippen LogP contribution in [0.2, 0.25) is 0 Å². The van der Waals surface area contributed by atoms with Crippen molar-refractivity contribution in [3.8, 4) is 0 Å². The lowest BCUT2D eigenvalue weighted by molar-refractivity contribution is 0.929. The molecule has 0 nitrogen and oxygen atoms in total. The maximum absolute atomic E-state index is 2.24. The Bertz CT molecular complexity index is 984. The van der Waals surface area contributed by atoms with Gasteiger partial charge >= 0.3 is 0 Å². The van der Waals surface area contributed by atoms with Gasteiger partial charge < -0.3 is 0 Å². The minimum absolute atomic E-state index is 0. The molecule has 0 aromatic heterocycles. The molecule has 0 amide bonds. The fraction of sp³-hybridized carbons (Fsp3) is 0.259. The van der Waals surface area contributed by atoms with Crippen molar-refractivity contribution in [1.82, 2.24) is 0 Å². The van der Waals surface area contributed by atoms with E-state index >= 15 is 0 Å². The Balaban J connectivity index is 0.000000189. The monoisotopic (exact) mass is 356 g/mol. The van der Waals surface area contributed by atoms with Gasteiger partial charge in [-0.25, -0.2) is 0 Å². The van der Waals surface area contributed by atoms with E-state index < -0.39 is 0 Å². The second-order valence-corrected chi connectivity index (χ2v) is 7.08. The van der Waals surface area contributed by atoms with Crippen LogP contribution >= 0.6 is 0 Å². The summed E-state index contributed by atoms with van der Waals surface area (Å²) in [6, 6.07) is 26.1. The van der Waals surface area contributed by atoms with Gasteiger partial charge in [0, 0.05) is 0 Å². The van der Waals surface area contributed by atoms with Crippen LogP contribution in [-0.2, 0) is 6.42 Å². The van der Waals surface area contributed by atoms with Crippen LogP contribution in [0, 0.1) is 20.8 Å². The van der Waals surface area contributed by atoms with Gasteiger partial charge in [-0.05, 0) is 71.0 Å². The van der Waals surface area contributed by atoms with Crippen molar-refractivity contribution in [2.24, 2.45) is 0 Å². The molecule has 140 valence electrons. The van der Waals surface area contributed by atoms with E-state index in [1.807, 2.05) is 0 Å². The second-order valence-electron chi connectivity index (χ2n) is 7.08. The summed E-state index contributed by atoms with van der Waals surface area (Å²) in [6.07, 6.45) is 2.40. The zero-order valence-corrected chi connectivity index (χ0v) is 16.3. The number of hydrogen-bond donors (Lipinski definition) is 0. The highest BCUT2D eigenvalue weighted by Crippen LogP contribution is 2.23. The Morgan fingerprint density at radius 3 is 1.56 bits per heavy atom. The average molecular weight is 357 g/mol. The summed E-state index contributed by atoms with van der Waals surface area (Å²) >= 11 is 0. The van der Waals surface area contributed by atoms with Gasteiger partial charge in [-0.2, -0.15) is 0 Å². The fourth-order valence-corrected chi connectivity index (χ4v) is 3.62. The SMILES string of the molecule is C.CCCc1cccc2c(C)cccc12.Cc1ccc(C)c2ccccc12. The summed E-state index contributed by atoms with van der Waals surface area (Å²) < 4.78 is 0. The Morgan fingerprint density at radius 2 is 0.963 bits per heavy atom. The van der Waals surface area contributed by atoms with E-state index in [9.17, 15) is 0 Å². The molecule has 0 N–H and O–H groups in total. The number of aryl methyl sites for hydroxylation is 4. The maximum atomic E-state index is 2.24. The molecule has 0 bridgehead atoms. The van der Waals surface area contributed by atoms with Crippen LogP contribution < -0.4 is 0 Å². The summed E-state index contributed by atoms with van der Waals surface area (Å²) in [7, 11) is 0. The Hall–Kier alpha value is -2.60. The van der Waals surface area contributed by atoms with Crippen LogP contribution in [0.1, 0.15) is 43.0 Å². The molecule has 0 aliphatic heterocycles. The third kappa shape index (κ3) is 4.57. The Labute approximate surface area is 164 Å². The predicted molar refractivity (Wildman–Crippen MR) is 123 cm³/mol. The smallest absolute Gasteiger partial charge is 0.0149 e. The third-order valence-corrected chi connectivity index (χ3v) is 5.11. The van der Waals surface area contributed by atoms with Crippen molar-refractivity contribution in [1.29, 1.82) is 0 Å². The van der Waals surface area contributed by atoms with Gasteiger partial charge in [0.25, 0.3) is 0 Å². The van der Waals surface area contributed by atoms with E-state index in [-0.39, 0.29) is 7.43 Å². The van der Waals surface area contributed by atoms with Crippen molar-refractivity contribution in [3.05, 3.63) is 95.1 Å². The first-order valence-electron chi connectivity index (χ1n) is 9.54. The number of rotatable bonds is 2. The molecular formula is C27H32. The van der Waals surface area contributed by atoms with E-state index in [0.29, 0.717) is 0 Å². The molecule has 0 fully saturated rings. The van der Waals surface area contributed by atoms with Gasteiger partial charge in [-0.3, -0.25) is 0 Å². The molecule has 0 unspecified atom stereocenters. The molecular weight excluding hydrogens is 324 g/mol. The van der Waals surface area contributed by atoms with E-state index in [1.54, 1.807) is 0 Å². The lowest BCUT2D eigenvalue weighted by Gasteiger charge is -2.06. The fourth-order valence-electron chi connectivity index (χ4n) is 3.62. The maximum Gasteiger partial charge on any atom is -0.0149 e. The van der Waals surface area contributed by atoms with Crippen molar-refractivity contribution in [3.63, 3.8) is 0 Å². The molecule has 0 heterocycles. The van der Waals surface area contributed by atoms with Crippen LogP contribution in [0.25, 0.3) is 21.5 Å². The molecule has 0 radical (unpaired) electrons. The van der Waals surface area contributed by atoms with Crippen LogP contribution in [0.5, 0.6) is 0 Å². The minimum Gasteiger partial charge on any atom is -0.0776 e. The van der Waals surface area contributed by atoms with Crippen molar-refractivity contribution in [2.45, 2.75) is 48.0 Å². The summed E-state index contributed by atoms with van der Waals surface area (Å²) in [5.41, 5.74) is 5.57. The highest BCUT2D eigenvalue weighted by atomic mass is 14.1. The van der Waals surface area contributed by atoms with Gasteiger partial charge in [0.15, 0.2) is 0 Å². The van der Waals surface area contributed by atoms with E-state index in [1.165, 1.54) is 56.6 Å². The number of hydrogen-bond acceptors (Lipinski definition) is 0. The van der Waals surface area contributed by atoms with E-state index in [4.69, 9.17) is 0 Å². The van der Waals surface area contributed by atoms with Gasteiger partial charge in [0.05, 0.1) is 0 Å². The lowest BCUT2D eigenvalue weighted by Crippen LogP contribution is -1.86. The molecule has 4 aromatic carbocycles. The third-order valence-electron chi connectivity index (χ3n) is 5.11. The highest BCUT2D eigenvalue weighted by Gasteiger charge is 2.00. The first-order chi connectivity index (χ1) is 12.6. The first-order valence-corrected chi connectivity index (χ1v) is 9.54. The van der Waals surface area contributed by atoms with Gasteiger partial charge in [-0.1, -0.05) is 93.6 Å². The number of benzene rings is 4. The molecule has 0 aliphatic rings. The van der Waals surface area contributed by atoms with Crippen LogP contribution in [0.15, 0.2) is 72.8 Å². The molecule has 0 saturated carbocycles.